The molecule has 1 N–H and O–H groups in total. The Bertz CT molecular complexity index is 607. The number of nitrogens with one attached hydrogen (secondary N) is 1. The Morgan fingerprint density at radius 3 is 2.42 bits per heavy atom. The van der Waals surface area contributed by atoms with Crippen LogP contribution in [0.3, 0.4) is 0 Å². The number of rotatable bonds is 3. The van der Waals surface area contributed by atoms with Crippen LogP contribution < -0.4 is 5.32 Å². The molecule has 2 aliphatic rings. The zero-order valence-corrected chi connectivity index (χ0v) is 15.7. The highest BCUT2D eigenvalue weighted by molar-refractivity contribution is 7.88. The average Bonchev–Trinajstić information content (AvgIpc) is 2.62. The molecule has 0 saturated carbocycles. The van der Waals surface area contributed by atoms with E-state index in [1.54, 1.807) is 16.8 Å². The first-order valence-corrected chi connectivity index (χ1v) is 10.1. The van der Waals surface area contributed by atoms with E-state index in [1.165, 1.54) is 10.6 Å². The van der Waals surface area contributed by atoms with Gasteiger partial charge in [-0.25, -0.2) is 13.2 Å². The lowest BCUT2D eigenvalue weighted by Gasteiger charge is -2.32. The second kappa shape index (κ2) is 6.87. The maximum Gasteiger partial charge on any atom is 0.317 e. The number of urea groups is 1. The summed E-state index contributed by atoms with van der Waals surface area (Å²) in [6, 6.07) is -0.194. The van der Waals surface area contributed by atoms with E-state index >= 15 is 0 Å². The van der Waals surface area contributed by atoms with Crippen LogP contribution in [0.25, 0.3) is 0 Å². The normalized spacial score (nSPS) is 26.3. The Labute approximate surface area is 144 Å². The summed E-state index contributed by atoms with van der Waals surface area (Å²) in [5, 5.41) is 2.88. The molecule has 0 aromatic rings. The molecule has 2 saturated heterocycles. The van der Waals surface area contributed by atoms with Crippen molar-refractivity contribution in [3.63, 3.8) is 0 Å². The van der Waals surface area contributed by atoms with Crippen LogP contribution in [0.5, 0.6) is 0 Å². The highest BCUT2D eigenvalue weighted by Crippen LogP contribution is 2.35. The molecule has 138 valence electrons. The van der Waals surface area contributed by atoms with E-state index in [-0.39, 0.29) is 31.4 Å². The standard InChI is InChI=1S/C15H28N4O4S/c1-12(2)8-16-14(21)18-5-6-19(24(4,22)23)11-15(10-18)7-13(20)17(3)9-15/h12H,5-11H2,1-4H3,(H,16,21)/t15-/m0/s1. The van der Waals surface area contributed by atoms with Crippen LogP contribution >= 0.6 is 0 Å². The van der Waals surface area contributed by atoms with Gasteiger partial charge in [0.15, 0.2) is 0 Å². The van der Waals surface area contributed by atoms with Crippen molar-refractivity contribution in [2.75, 3.05) is 52.6 Å². The van der Waals surface area contributed by atoms with Crippen LogP contribution in [-0.4, -0.2) is 87.0 Å². The summed E-state index contributed by atoms with van der Waals surface area (Å²) in [4.78, 5) is 27.8. The molecule has 0 aromatic heterocycles. The SMILES string of the molecule is CC(C)CNC(=O)N1CCN(S(C)(=O)=O)C[C@]2(CC(=O)N(C)C2)C1. The van der Waals surface area contributed by atoms with Crippen LogP contribution in [-0.2, 0) is 14.8 Å². The van der Waals surface area contributed by atoms with E-state index in [9.17, 15) is 18.0 Å². The van der Waals surface area contributed by atoms with E-state index in [0.717, 1.165) is 0 Å². The largest absolute Gasteiger partial charge is 0.345 e. The topological polar surface area (TPSA) is 90.0 Å². The maximum absolute atomic E-state index is 12.5. The fourth-order valence-electron chi connectivity index (χ4n) is 3.39. The van der Waals surface area contributed by atoms with Gasteiger partial charge >= 0.3 is 6.03 Å². The van der Waals surface area contributed by atoms with Gasteiger partial charge in [-0.15, -0.1) is 0 Å². The number of carbonyl (C=O) groups is 2. The summed E-state index contributed by atoms with van der Waals surface area (Å²) in [7, 11) is -1.66. The predicted molar refractivity (Wildman–Crippen MR) is 90.9 cm³/mol. The van der Waals surface area contributed by atoms with Crippen LogP contribution in [0.1, 0.15) is 20.3 Å². The van der Waals surface area contributed by atoms with E-state index < -0.39 is 15.4 Å². The van der Waals surface area contributed by atoms with Gasteiger partial charge in [0.05, 0.1) is 6.26 Å². The van der Waals surface area contributed by atoms with Crippen LogP contribution in [0.4, 0.5) is 4.79 Å². The lowest BCUT2D eigenvalue weighted by Crippen LogP contribution is -2.48. The molecule has 0 aliphatic carbocycles. The van der Waals surface area contributed by atoms with Crippen LogP contribution in [0.2, 0.25) is 0 Å². The second-order valence-electron chi connectivity index (χ2n) is 7.52. The number of hydrogen-bond donors (Lipinski definition) is 1. The van der Waals surface area contributed by atoms with Crippen molar-refractivity contribution in [2.45, 2.75) is 20.3 Å². The van der Waals surface area contributed by atoms with E-state index in [0.29, 0.717) is 32.1 Å². The van der Waals surface area contributed by atoms with Crippen molar-refractivity contribution in [2.24, 2.45) is 11.3 Å². The van der Waals surface area contributed by atoms with Gasteiger partial charge in [0, 0.05) is 58.2 Å². The van der Waals surface area contributed by atoms with Crippen molar-refractivity contribution < 1.29 is 18.0 Å². The first kappa shape index (κ1) is 19.0. The van der Waals surface area contributed by atoms with Gasteiger partial charge < -0.3 is 15.1 Å². The third kappa shape index (κ3) is 4.38. The molecule has 0 aromatic carbocycles. The van der Waals surface area contributed by atoms with Crippen molar-refractivity contribution in [1.29, 1.82) is 0 Å². The third-order valence-corrected chi connectivity index (χ3v) is 5.85. The highest BCUT2D eigenvalue weighted by atomic mass is 32.2. The molecule has 2 fully saturated rings. The Morgan fingerprint density at radius 2 is 1.92 bits per heavy atom. The summed E-state index contributed by atoms with van der Waals surface area (Å²) >= 11 is 0. The molecule has 0 bridgehead atoms. The van der Waals surface area contributed by atoms with E-state index in [1.807, 2.05) is 13.8 Å². The molecule has 2 rings (SSSR count). The molecule has 0 unspecified atom stereocenters. The molecule has 1 spiro atoms. The van der Waals surface area contributed by atoms with Gasteiger partial charge in [-0.05, 0) is 5.92 Å². The zero-order chi connectivity index (χ0) is 18.1. The van der Waals surface area contributed by atoms with Gasteiger partial charge in [0.25, 0.3) is 0 Å². The molecule has 0 radical (unpaired) electrons. The highest BCUT2D eigenvalue weighted by Gasteiger charge is 2.47. The minimum absolute atomic E-state index is 0.00658. The quantitative estimate of drug-likeness (QED) is 0.753. The monoisotopic (exact) mass is 360 g/mol. The fourth-order valence-corrected chi connectivity index (χ4v) is 4.32. The van der Waals surface area contributed by atoms with Crippen molar-refractivity contribution in [3.8, 4) is 0 Å². The number of amides is 3. The Kier molecular flexibility index (Phi) is 5.44. The van der Waals surface area contributed by atoms with Gasteiger partial charge in [0.2, 0.25) is 15.9 Å². The van der Waals surface area contributed by atoms with Crippen molar-refractivity contribution >= 4 is 22.0 Å². The first-order valence-electron chi connectivity index (χ1n) is 8.24. The van der Waals surface area contributed by atoms with Gasteiger partial charge in [-0.3, -0.25) is 4.79 Å². The molecule has 2 aliphatic heterocycles. The van der Waals surface area contributed by atoms with Crippen molar-refractivity contribution in [1.82, 2.24) is 19.4 Å². The van der Waals surface area contributed by atoms with Crippen molar-refractivity contribution in [3.05, 3.63) is 0 Å². The molecular formula is C15H28N4O4S. The smallest absolute Gasteiger partial charge is 0.317 e. The van der Waals surface area contributed by atoms with Gasteiger partial charge in [-0.1, -0.05) is 13.8 Å². The number of carbonyl (C=O) groups excluding carboxylic acids is 2. The molecular weight excluding hydrogens is 332 g/mol. The molecule has 8 nitrogen and oxygen atoms in total. The Morgan fingerprint density at radius 1 is 1.25 bits per heavy atom. The third-order valence-electron chi connectivity index (χ3n) is 4.60. The second-order valence-corrected chi connectivity index (χ2v) is 9.51. The number of nitrogens with zero attached hydrogens (tertiary/aromatic N) is 3. The summed E-state index contributed by atoms with van der Waals surface area (Å²) in [5.74, 6) is 0.328. The maximum atomic E-state index is 12.5. The Balaban J connectivity index is 2.21. The minimum Gasteiger partial charge on any atom is -0.345 e. The zero-order valence-electron chi connectivity index (χ0n) is 14.9. The number of sulfonamides is 1. The number of hydrogen-bond acceptors (Lipinski definition) is 4. The molecule has 24 heavy (non-hydrogen) atoms. The summed E-state index contributed by atoms with van der Waals surface area (Å²) < 4.78 is 25.5. The summed E-state index contributed by atoms with van der Waals surface area (Å²) in [6.07, 6.45) is 1.44. The fraction of sp³-hybridized carbons (Fsp3) is 0.867. The molecule has 1 atom stereocenters. The summed E-state index contributed by atoms with van der Waals surface area (Å²) in [5.41, 5.74) is -0.541. The Hall–Kier alpha value is -1.35. The minimum atomic E-state index is -3.38. The van der Waals surface area contributed by atoms with E-state index in [2.05, 4.69) is 5.32 Å². The summed E-state index contributed by atoms with van der Waals surface area (Å²) in [6.45, 7) is 6.31. The van der Waals surface area contributed by atoms with Crippen LogP contribution in [0, 0.1) is 11.3 Å². The first-order chi connectivity index (χ1) is 11.0. The molecule has 2 heterocycles. The lowest BCUT2D eigenvalue weighted by atomic mass is 9.86. The molecule has 9 heteroatoms. The van der Waals surface area contributed by atoms with Crippen LogP contribution in [0.15, 0.2) is 0 Å². The predicted octanol–water partition coefficient (Wildman–Crippen LogP) is -0.222. The van der Waals surface area contributed by atoms with Gasteiger partial charge in [-0.2, -0.15) is 4.31 Å². The van der Waals surface area contributed by atoms with E-state index in [4.69, 9.17) is 0 Å². The molecule has 3 amide bonds. The average molecular weight is 360 g/mol. The van der Waals surface area contributed by atoms with Gasteiger partial charge in [0.1, 0.15) is 0 Å². The number of likely N-dealkylation sites (tertiary alicyclic amines) is 1. The lowest BCUT2D eigenvalue weighted by molar-refractivity contribution is -0.126.